The summed E-state index contributed by atoms with van der Waals surface area (Å²) in [6.07, 6.45) is 0. The van der Waals surface area contributed by atoms with Gasteiger partial charge in [0.2, 0.25) is 12.7 Å². The molecule has 5 nitrogen and oxygen atoms in total. The van der Waals surface area contributed by atoms with Crippen molar-refractivity contribution in [3.63, 3.8) is 0 Å². The standard InChI is InChI=1S/C23H24N2O3S/c1-15-5-7-17(8-6-15)23(21-4-3-11-29-21)24-13-22(26)25-16(2)18-9-10-19-20(12-18)28-14-27-19/h3-12,16,23-24H,13-14H2,1-2H3,(H,25,26)/t16-,23+/m0/s1. The Morgan fingerprint density at radius 3 is 2.59 bits per heavy atom. The van der Waals surface area contributed by atoms with Crippen LogP contribution in [0.5, 0.6) is 11.5 Å². The molecular weight excluding hydrogens is 384 g/mol. The maximum atomic E-state index is 12.6. The van der Waals surface area contributed by atoms with Gasteiger partial charge in [0.1, 0.15) is 0 Å². The Bertz CT molecular complexity index is 970. The highest BCUT2D eigenvalue weighted by Crippen LogP contribution is 2.34. The largest absolute Gasteiger partial charge is 0.454 e. The second-order valence-electron chi connectivity index (χ2n) is 7.14. The number of carbonyl (C=O) groups excluding carboxylic acids is 1. The van der Waals surface area contributed by atoms with Crippen LogP contribution < -0.4 is 20.1 Å². The first-order chi connectivity index (χ1) is 14.1. The fraction of sp³-hybridized carbons (Fsp3) is 0.261. The number of thiophene rings is 1. The third-order valence-electron chi connectivity index (χ3n) is 4.98. The van der Waals surface area contributed by atoms with Crippen LogP contribution in [0.15, 0.2) is 60.0 Å². The zero-order valence-corrected chi connectivity index (χ0v) is 17.3. The highest BCUT2D eigenvalue weighted by Gasteiger charge is 2.19. The number of ether oxygens (including phenoxy) is 2. The minimum atomic E-state index is -0.127. The van der Waals surface area contributed by atoms with Crippen LogP contribution in [-0.4, -0.2) is 19.2 Å². The summed E-state index contributed by atoms with van der Waals surface area (Å²) < 4.78 is 10.8. The molecular formula is C23H24N2O3S. The summed E-state index contributed by atoms with van der Waals surface area (Å²) >= 11 is 1.68. The molecule has 0 aliphatic carbocycles. The summed E-state index contributed by atoms with van der Waals surface area (Å²) in [6.45, 7) is 4.51. The van der Waals surface area contributed by atoms with Crippen molar-refractivity contribution in [2.45, 2.75) is 25.9 Å². The molecule has 6 heteroatoms. The molecule has 1 aliphatic rings. The number of aryl methyl sites for hydroxylation is 1. The van der Waals surface area contributed by atoms with Gasteiger partial charge in [-0.3, -0.25) is 10.1 Å². The van der Waals surface area contributed by atoms with Gasteiger partial charge in [-0.05, 0) is 48.6 Å². The smallest absolute Gasteiger partial charge is 0.234 e. The number of benzene rings is 2. The number of hydrogen-bond donors (Lipinski definition) is 2. The maximum Gasteiger partial charge on any atom is 0.234 e. The molecule has 1 amide bonds. The van der Waals surface area contributed by atoms with Crippen molar-refractivity contribution < 1.29 is 14.3 Å². The van der Waals surface area contributed by atoms with E-state index in [2.05, 4.69) is 53.3 Å². The Morgan fingerprint density at radius 1 is 1.07 bits per heavy atom. The molecule has 0 radical (unpaired) electrons. The van der Waals surface area contributed by atoms with Gasteiger partial charge in [-0.1, -0.05) is 42.0 Å². The molecule has 0 unspecified atom stereocenters. The summed E-state index contributed by atoms with van der Waals surface area (Å²) in [6, 6.07) is 18.1. The van der Waals surface area contributed by atoms with E-state index in [1.807, 2.05) is 31.2 Å². The Balaban J connectivity index is 1.39. The third-order valence-corrected chi connectivity index (χ3v) is 5.92. The summed E-state index contributed by atoms with van der Waals surface area (Å²) in [5.74, 6) is 1.41. The molecule has 0 fully saturated rings. The predicted molar refractivity (Wildman–Crippen MR) is 114 cm³/mol. The van der Waals surface area contributed by atoms with E-state index in [-0.39, 0.29) is 31.3 Å². The lowest BCUT2D eigenvalue weighted by molar-refractivity contribution is -0.121. The van der Waals surface area contributed by atoms with Gasteiger partial charge in [0.15, 0.2) is 11.5 Å². The Labute approximate surface area is 174 Å². The average molecular weight is 409 g/mol. The zero-order chi connectivity index (χ0) is 20.2. The lowest BCUT2D eigenvalue weighted by Gasteiger charge is -2.20. The lowest BCUT2D eigenvalue weighted by Crippen LogP contribution is -2.37. The van der Waals surface area contributed by atoms with E-state index in [9.17, 15) is 4.79 Å². The van der Waals surface area contributed by atoms with Gasteiger partial charge in [0.05, 0.1) is 18.6 Å². The first kappa shape index (κ1) is 19.5. The molecule has 2 heterocycles. The van der Waals surface area contributed by atoms with E-state index in [4.69, 9.17) is 9.47 Å². The SMILES string of the molecule is Cc1ccc([C@@H](NCC(=O)N[C@@H](C)c2ccc3c(c2)OCO3)c2cccs2)cc1. The number of fused-ring (bicyclic) bond motifs is 1. The van der Waals surface area contributed by atoms with Crippen LogP contribution in [0.1, 0.15) is 40.6 Å². The molecule has 0 bridgehead atoms. The van der Waals surface area contributed by atoms with E-state index in [1.165, 1.54) is 10.4 Å². The van der Waals surface area contributed by atoms with Crippen molar-refractivity contribution in [3.05, 3.63) is 81.5 Å². The first-order valence-electron chi connectivity index (χ1n) is 9.62. The van der Waals surface area contributed by atoms with Crippen LogP contribution in [0.25, 0.3) is 0 Å². The molecule has 1 aromatic heterocycles. The highest BCUT2D eigenvalue weighted by molar-refractivity contribution is 7.10. The monoisotopic (exact) mass is 408 g/mol. The molecule has 1 aliphatic heterocycles. The second kappa shape index (κ2) is 8.68. The third kappa shape index (κ3) is 4.60. The number of amides is 1. The van der Waals surface area contributed by atoms with Crippen LogP contribution >= 0.6 is 11.3 Å². The summed E-state index contributed by atoms with van der Waals surface area (Å²) in [7, 11) is 0. The molecule has 3 aromatic rings. The summed E-state index contributed by atoms with van der Waals surface area (Å²) in [4.78, 5) is 13.8. The highest BCUT2D eigenvalue weighted by atomic mass is 32.1. The predicted octanol–water partition coefficient (Wildman–Crippen LogP) is 4.34. The normalized spacial score (nSPS) is 14.4. The number of rotatable bonds is 7. The van der Waals surface area contributed by atoms with Gasteiger partial charge in [-0.15, -0.1) is 11.3 Å². The molecule has 0 saturated heterocycles. The zero-order valence-electron chi connectivity index (χ0n) is 16.5. The first-order valence-corrected chi connectivity index (χ1v) is 10.5. The van der Waals surface area contributed by atoms with Crippen molar-refractivity contribution in [2.75, 3.05) is 13.3 Å². The number of hydrogen-bond acceptors (Lipinski definition) is 5. The molecule has 150 valence electrons. The van der Waals surface area contributed by atoms with E-state index in [1.54, 1.807) is 11.3 Å². The molecule has 2 N–H and O–H groups in total. The minimum absolute atomic E-state index is 0.0119. The van der Waals surface area contributed by atoms with Crippen molar-refractivity contribution in [1.29, 1.82) is 0 Å². The van der Waals surface area contributed by atoms with Crippen molar-refractivity contribution >= 4 is 17.2 Å². The fourth-order valence-corrected chi connectivity index (χ4v) is 4.18. The van der Waals surface area contributed by atoms with Crippen LogP contribution in [0.4, 0.5) is 0 Å². The van der Waals surface area contributed by atoms with E-state index < -0.39 is 0 Å². The quantitative estimate of drug-likeness (QED) is 0.611. The van der Waals surface area contributed by atoms with E-state index in [0.29, 0.717) is 0 Å². The van der Waals surface area contributed by atoms with E-state index >= 15 is 0 Å². The molecule has 0 saturated carbocycles. The number of carbonyl (C=O) groups is 1. The summed E-state index contributed by atoms with van der Waals surface area (Å²) in [5.41, 5.74) is 3.35. The summed E-state index contributed by atoms with van der Waals surface area (Å²) in [5, 5.41) is 8.52. The van der Waals surface area contributed by atoms with Crippen LogP contribution in [0, 0.1) is 6.92 Å². The lowest BCUT2D eigenvalue weighted by atomic mass is 10.0. The van der Waals surface area contributed by atoms with E-state index in [0.717, 1.165) is 22.6 Å². The molecule has 2 atom stereocenters. The molecule has 4 rings (SSSR count). The Morgan fingerprint density at radius 2 is 1.83 bits per heavy atom. The Kier molecular flexibility index (Phi) is 5.83. The van der Waals surface area contributed by atoms with Crippen LogP contribution in [0.2, 0.25) is 0 Å². The molecule has 29 heavy (non-hydrogen) atoms. The van der Waals surface area contributed by atoms with Gasteiger partial charge < -0.3 is 14.8 Å². The maximum absolute atomic E-state index is 12.6. The van der Waals surface area contributed by atoms with Crippen molar-refractivity contribution in [1.82, 2.24) is 10.6 Å². The number of nitrogens with one attached hydrogen (secondary N) is 2. The minimum Gasteiger partial charge on any atom is -0.454 e. The fourth-order valence-electron chi connectivity index (χ4n) is 3.35. The Hall–Kier alpha value is -2.83. The van der Waals surface area contributed by atoms with Crippen molar-refractivity contribution in [2.24, 2.45) is 0 Å². The van der Waals surface area contributed by atoms with Gasteiger partial charge in [0, 0.05) is 4.88 Å². The second-order valence-corrected chi connectivity index (χ2v) is 8.12. The van der Waals surface area contributed by atoms with Gasteiger partial charge >= 0.3 is 0 Å². The average Bonchev–Trinajstić information content (AvgIpc) is 3.40. The van der Waals surface area contributed by atoms with Gasteiger partial charge in [0.25, 0.3) is 0 Å². The van der Waals surface area contributed by atoms with Gasteiger partial charge in [-0.25, -0.2) is 0 Å². The van der Waals surface area contributed by atoms with Crippen molar-refractivity contribution in [3.8, 4) is 11.5 Å². The molecule has 0 spiro atoms. The van der Waals surface area contributed by atoms with Gasteiger partial charge in [-0.2, -0.15) is 0 Å². The van der Waals surface area contributed by atoms with Crippen LogP contribution in [0.3, 0.4) is 0 Å². The molecule has 2 aromatic carbocycles. The van der Waals surface area contributed by atoms with Crippen LogP contribution in [-0.2, 0) is 4.79 Å². The topological polar surface area (TPSA) is 59.6 Å².